The van der Waals surface area contributed by atoms with Gasteiger partial charge in [-0.25, -0.2) is 4.39 Å². The number of carboxylic acids is 1. The minimum atomic E-state index is -0.799. The summed E-state index contributed by atoms with van der Waals surface area (Å²) in [5, 5.41) is 8.51. The number of aliphatic carboxylic acids is 1. The van der Waals surface area contributed by atoms with E-state index < -0.39 is 5.97 Å². The molecular formula is C12H15BrFNO2. The number of hydrogen-bond donors (Lipinski definition) is 1. The molecule has 0 atom stereocenters. The third-order valence-electron chi connectivity index (χ3n) is 2.38. The van der Waals surface area contributed by atoms with Gasteiger partial charge in [-0.05, 0) is 38.2 Å². The Labute approximate surface area is 108 Å². The van der Waals surface area contributed by atoms with Crippen molar-refractivity contribution in [1.29, 1.82) is 0 Å². The second-order valence-electron chi connectivity index (χ2n) is 3.97. The van der Waals surface area contributed by atoms with Crippen LogP contribution in [-0.4, -0.2) is 29.6 Å². The molecule has 0 radical (unpaired) electrons. The van der Waals surface area contributed by atoms with Crippen molar-refractivity contribution in [1.82, 2.24) is 4.90 Å². The lowest BCUT2D eigenvalue weighted by Crippen LogP contribution is -2.20. The highest BCUT2D eigenvalue weighted by atomic mass is 79.9. The minimum absolute atomic E-state index is 0.144. The largest absolute Gasteiger partial charge is 0.481 e. The molecule has 1 aromatic carbocycles. The Morgan fingerprint density at radius 2 is 2.24 bits per heavy atom. The van der Waals surface area contributed by atoms with E-state index in [0.717, 1.165) is 4.47 Å². The van der Waals surface area contributed by atoms with Gasteiger partial charge in [0, 0.05) is 23.0 Å². The van der Waals surface area contributed by atoms with Gasteiger partial charge in [-0.15, -0.1) is 0 Å². The first-order valence-corrected chi connectivity index (χ1v) is 6.12. The summed E-state index contributed by atoms with van der Waals surface area (Å²) in [5.74, 6) is -1.04. The lowest BCUT2D eigenvalue weighted by molar-refractivity contribution is -0.137. The Kier molecular flexibility index (Phi) is 5.58. The third-order valence-corrected chi connectivity index (χ3v) is 2.87. The van der Waals surface area contributed by atoms with E-state index in [9.17, 15) is 9.18 Å². The summed E-state index contributed by atoms with van der Waals surface area (Å²) in [6.07, 6.45) is 0.715. The summed E-state index contributed by atoms with van der Waals surface area (Å²) in [5.41, 5.74) is 0.609. The first kappa shape index (κ1) is 14.1. The molecule has 1 aromatic rings. The van der Waals surface area contributed by atoms with Crippen molar-refractivity contribution in [2.24, 2.45) is 0 Å². The maximum atomic E-state index is 13.4. The summed E-state index contributed by atoms with van der Waals surface area (Å²) in [6.45, 7) is 1.11. The van der Waals surface area contributed by atoms with Crippen molar-refractivity contribution in [2.75, 3.05) is 13.6 Å². The average molecular weight is 304 g/mol. The molecule has 0 aromatic heterocycles. The van der Waals surface area contributed by atoms with Crippen LogP contribution in [0.25, 0.3) is 0 Å². The maximum Gasteiger partial charge on any atom is 0.303 e. The number of hydrogen-bond acceptors (Lipinski definition) is 2. The van der Waals surface area contributed by atoms with E-state index in [-0.39, 0.29) is 12.2 Å². The number of benzene rings is 1. The van der Waals surface area contributed by atoms with Crippen LogP contribution in [0, 0.1) is 5.82 Å². The number of halogens is 2. The molecule has 0 bridgehead atoms. The fourth-order valence-corrected chi connectivity index (χ4v) is 1.94. The van der Waals surface area contributed by atoms with E-state index >= 15 is 0 Å². The molecule has 0 heterocycles. The molecule has 3 nitrogen and oxygen atoms in total. The normalized spacial score (nSPS) is 10.8. The highest BCUT2D eigenvalue weighted by Crippen LogP contribution is 2.16. The quantitative estimate of drug-likeness (QED) is 0.878. The molecule has 0 saturated heterocycles. The van der Waals surface area contributed by atoms with Gasteiger partial charge in [-0.2, -0.15) is 0 Å². The first-order valence-electron chi connectivity index (χ1n) is 5.33. The predicted molar refractivity (Wildman–Crippen MR) is 67.3 cm³/mol. The Bertz CT molecular complexity index is 398. The van der Waals surface area contributed by atoms with Crippen LogP contribution < -0.4 is 0 Å². The van der Waals surface area contributed by atoms with E-state index in [1.165, 1.54) is 6.07 Å². The van der Waals surface area contributed by atoms with Gasteiger partial charge in [-0.1, -0.05) is 15.9 Å². The standard InChI is InChI=1S/C12H15BrFNO2/c1-15(6-2-3-12(16)17)8-9-7-10(13)4-5-11(9)14/h4-5,7H,2-3,6,8H2,1H3,(H,16,17). The van der Waals surface area contributed by atoms with Gasteiger partial charge in [0.05, 0.1) is 0 Å². The fraction of sp³-hybridized carbons (Fsp3) is 0.417. The van der Waals surface area contributed by atoms with Crippen LogP contribution in [0.15, 0.2) is 22.7 Å². The fourth-order valence-electron chi connectivity index (χ4n) is 1.53. The van der Waals surface area contributed by atoms with Gasteiger partial charge < -0.3 is 10.0 Å². The van der Waals surface area contributed by atoms with E-state index in [2.05, 4.69) is 15.9 Å². The van der Waals surface area contributed by atoms with Gasteiger partial charge in [0.2, 0.25) is 0 Å². The minimum Gasteiger partial charge on any atom is -0.481 e. The number of rotatable bonds is 6. The molecule has 1 N–H and O–H groups in total. The first-order chi connectivity index (χ1) is 7.99. The van der Waals surface area contributed by atoms with Crippen molar-refractivity contribution >= 4 is 21.9 Å². The van der Waals surface area contributed by atoms with E-state index in [1.54, 1.807) is 12.1 Å². The summed E-state index contributed by atoms with van der Waals surface area (Å²) >= 11 is 3.30. The molecule has 0 aliphatic carbocycles. The van der Waals surface area contributed by atoms with Gasteiger partial charge in [0.15, 0.2) is 0 Å². The topological polar surface area (TPSA) is 40.5 Å². The van der Waals surface area contributed by atoms with Crippen LogP contribution in [0.3, 0.4) is 0 Å². The molecule has 0 fully saturated rings. The van der Waals surface area contributed by atoms with Crippen molar-refractivity contribution in [2.45, 2.75) is 19.4 Å². The monoisotopic (exact) mass is 303 g/mol. The van der Waals surface area contributed by atoms with Crippen molar-refractivity contribution in [3.63, 3.8) is 0 Å². The van der Waals surface area contributed by atoms with Gasteiger partial charge >= 0.3 is 5.97 Å². The molecule has 0 unspecified atom stereocenters. The molecule has 94 valence electrons. The van der Waals surface area contributed by atoms with E-state index in [0.29, 0.717) is 25.1 Å². The molecule has 5 heteroatoms. The van der Waals surface area contributed by atoms with Gasteiger partial charge in [-0.3, -0.25) is 4.79 Å². The third kappa shape index (κ3) is 5.28. The summed E-state index contributed by atoms with van der Waals surface area (Å²) < 4.78 is 14.3. The SMILES string of the molecule is CN(CCCC(=O)O)Cc1cc(Br)ccc1F. The zero-order valence-electron chi connectivity index (χ0n) is 9.62. The number of nitrogens with zero attached hydrogens (tertiary/aromatic N) is 1. The molecule has 0 spiro atoms. The summed E-state index contributed by atoms with van der Waals surface area (Å²) in [6, 6.07) is 4.82. The van der Waals surface area contributed by atoms with Crippen molar-refractivity contribution in [3.05, 3.63) is 34.1 Å². The van der Waals surface area contributed by atoms with Crippen LogP contribution in [-0.2, 0) is 11.3 Å². The zero-order chi connectivity index (χ0) is 12.8. The van der Waals surface area contributed by atoms with Crippen molar-refractivity contribution < 1.29 is 14.3 Å². The highest BCUT2D eigenvalue weighted by molar-refractivity contribution is 9.10. The summed E-state index contributed by atoms with van der Waals surface area (Å²) in [7, 11) is 1.85. The van der Waals surface area contributed by atoms with E-state index in [4.69, 9.17) is 5.11 Å². The Morgan fingerprint density at radius 3 is 2.88 bits per heavy atom. The molecular weight excluding hydrogens is 289 g/mol. The lowest BCUT2D eigenvalue weighted by Gasteiger charge is -2.16. The molecule has 17 heavy (non-hydrogen) atoms. The molecule has 0 saturated carbocycles. The van der Waals surface area contributed by atoms with Crippen LogP contribution in [0.4, 0.5) is 4.39 Å². The highest BCUT2D eigenvalue weighted by Gasteiger charge is 2.07. The van der Waals surface area contributed by atoms with Crippen LogP contribution >= 0.6 is 15.9 Å². The number of carboxylic acid groups (broad SMARTS) is 1. The maximum absolute atomic E-state index is 13.4. The smallest absolute Gasteiger partial charge is 0.303 e. The van der Waals surface area contributed by atoms with E-state index in [1.807, 2.05) is 11.9 Å². The molecule has 0 aliphatic rings. The predicted octanol–water partition coefficient (Wildman–Crippen LogP) is 2.88. The van der Waals surface area contributed by atoms with Crippen LogP contribution in [0.5, 0.6) is 0 Å². The second-order valence-corrected chi connectivity index (χ2v) is 4.89. The zero-order valence-corrected chi connectivity index (χ0v) is 11.2. The Hall–Kier alpha value is -0.940. The second kappa shape index (κ2) is 6.71. The van der Waals surface area contributed by atoms with Crippen molar-refractivity contribution in [3.8, 4) is 0 Å². The van der Waals surface area contributed by atoms with Crippen LogP contribution in [0.2, 0.25) is 0 Å². The Balaban J connectivity index is 2.47. The number of carbonyl (C=O) groups is 1. The van der Waals surface area contributed by atoms with Crippen LogP contribution in [0.1, 0.15) is 18.4 Å². The molecule has 0 amide bonds. The van der Waals surface area contributed by atoms with Gasteiger partial charge in [0.1, 0.15) is 5.82 Å². The molecule has 0 aliphatic heterocycles. The molecule has 1 rings (SSSR count). The summed E-state index contributed by atoms with van der Waals surface area (Å²) in [4.78, 5) is 12.3. The lowest BCUT2D eigenvalue weighted by atomic mass is 10.2. The average Bonchev–Trinajstić information content (AvgIpc) is 2.23. The Morgan fingerprint density at radius 1 is 1.53 bits per heavy atom. The van der Waals surface area contributed by atoms with Gasteiger partial charge in [0.25, 0.3) is 0 Å².